The van der Waals surface area contributed by atoms with Gasteiger partial charge in [0.05, 0.1) is 14.2 Å². The second-order valence-electron chi connectivity index (χ2n) is 5.32. The number of hydrogen-bond acceptors (Lipinski definition) is 3. The van der Waals surface area contributed by atoms with Gasteiger partial charge in [-0.05, 0) is 37.0 Å². The topological polar surface area (TPSA) is 55.8 Å². The number of benzene rings is 1. The summed E-state index contributed by atoms with van der Waals surface area (Å²) in [5.41, 5.74) is 2.11. The normalized spacial score (nSPS) is 20.9. The van der Waals surface area contributed by atoms with E-state index in [1.54, 1.807) is 14.2 Å². The summed E-state index contributed by atoms with van der Waals surface area (Å²) in [6.45, 7) is 0. The zero-order valence-corrected chi connectivity index (χ0v) is 12.6. The monoisotopic (exact) mass is 290 g/mol. The molecule has 1 aromatic carbocycles. The number of hydrogen-bond donors (Lipinski definition) is 1. The molecule has 1 N–H and O–H groups in total. The van der Waals surface area contributed by atoms with Gasteiger partial charge in [-0.3, -0.25) is 0 Å². The summed E-state index contributed by atoms with van der Waals surface area (Å²) in [7, 11) is 3.22. The first kappa shape index (κ1) is 15.4. The van der Waals surface area contributed by atoms with Gasteiger partial charge in [0.25, 0.3) is 0 Å². The summed E-state index contributed by atoms with van der Waals surface area (Å²) in [5.74, 6) is 0.674. The van der Waals surface area contributed by atoms with Crippen molar-refractivity contribution in [1.82, 2.24) is 0 Å². The first-order valence-electron chi connectivity index (χ1n) is 7.31. The van der Waals surface area contributed by atoms with Crippen LogP contribution in [0.4, 0.5) is 0 Å². The molecule has 0 bridgehead atoms. The minimum absolute atomic E-state index is 0.156. The minimum atomic E-state index is -0.864. The predicted octanol–water partition coefficient (Wildman–Crippen LogP) is 3.76. The molecule has 4 nitrogen and oxygen atoms in total. The Morgan fingerprint density at radius 2 is 1.95 bits per heavy atom. The summed E-state index contributed by atoms with van der Waals surface area (Å²) >= 11 is 0. The van der Waals surface area contributed by atoms with Crippen LogP contribution in [-0.4, -0.2) is 25.3 Å². The Kier molecular flexibility index (Phi) is 5.26. The van der Waals surface area contributed by atoms with Crippen LogP contribution in [0.5, 0.6) is 11.5 Å². The maximum absolute atomic E-state index is 11.1. The van der Waals surface area contributed by atoms with E-state index in [9.17, 15) is 4.79 Å². The van der Waals surface area contributed by atoms with Crippen LogP contribution in [0.3, 0.4) is 0 Å². The average Bonchev–Trinajstić information content (AvgIpc) is 2.71. The van der Waals surface area contributed by atoms with Crippen LogP contribution < -0.4 is 9.47 Å². The van der Waals surface area contributed by atoms with Crippen molar-refractivity contribution in [3.05, 3.63) is 35.4 Å². The number of carboxylic acids is 1. The number of aliphatic carboxylic acids is 1. The molecular formula is C17H22O4. The predicted molar refractivity (Wildman–Crippen MR) is 81.1 cm³/mol. The van der Waals surface area contributed by atoms with Gasteiger partial charge in [-0.1, -0.05) is 24.5 Å². The molecule has 0 spiro atoms. The fourth-order valence-corrected chi connectivity index (χ4v) is 3.00. The molecule has 21 heavy (non-hydrogen) atoms. The molecule has 1 aliphatic carbocycles. The first-order valence-corrected chi connectivity index (χ1v) is 7.31. The Bertz CT molecular complexity index is 534. The summed E-state index contributed by atoms with van der Waals surface area (Å²) in [4.78, 5) is 11.1. The molecule has 0 aromatic heterocycles. The lowest BCUT2D eigenvalue weighted by Crippen LogP contribution is -2.05. The zero-order chi connectivity index (χ0) is 15.2. The Morgan fingerprint density at radius 3 is 2.62 bits per heavy atom. The van der Waals surface area contributed by atoms with Crippen LogP contribution in [-0.2, 0) is 4.79 Å². The van der Waals surface area contributed by atoms with Gasteiger partial charge in [-0.15, -0.1) is 0 Å². The molecule has 1 aromatic rings. The van der Waals surface area contributed by atoms with E-state index < -0.39 is 5.97 Å². The van der Waals surface area contributed by atoms with Gasteiger partial charge in [0, 0.05) is 12.0 Å². The molecule has 1 unspecified atom stereocenters. The Morgan fingerprint density at radius 1 is 1.19 bits per heavy atom. The third-order valence-electron chi connectivity index (χ3n) is 4.02. The fraction of sp³-hybridized carbons (Fsp3) is 0.471. The van der Waals surface area contributed by atoms with Gasteiger partial charge in [-0.2, -0.15) is 0 Å². The maximum Gasteiger partial charge on any atom is 0.328 e. The molecule has 0 amide bonds. The molecule has 1 fully saturated rings. The Hall–Kier alpha value is -1.97. The quantitative estimate of drug-likeness (QED) is 0.677. The van der Waals surface area contributed by atoms with Crippen LogP contribution in [0.25, 0.3) is 0 Å². The molecule has 0 radical (unpaired) electrons. The molecular weight excluding hydrogens is 268 g/mol. The highest BCUT2D eigenvalue weighted by atomic mass is 16.5. The van der Waals surface area contributed by atoms with Crippen molar-refractivity contribution in [2.24, 2.45) is 0 Å². The van der Waals surface area contributed by atoms with Crippen molar-refractivity contribution in [3.8, 4) is 11.5 Å². The van der Waals surface area contributed by atoms with Crippen molar-refractivity contribution in [1.29, 1.82) is 0 Å². The third-order valence-corrected chi connectivity index (χ3v) is 4.02. The van der Waals surface area contributed by atoms with Crippen molar-refractivity contribution in [2.45, 2.75) is 38.0 Å². The Balaban J connectivity index is 2.38. The van der Waals surface area contributed by atoms with Crippen LogP contribution in [0.1, 0.15) is 43.6 Å². The maximum atomic E-state index is 11.1. The second-order valence-corrected chi connectivity index (χ2v) is 5.32. The van der Waals surface area contributed by atoms with E-state index in [0.29, 0.717) is 11.5 Å². The van der Waals surface area contributed by atoms with E-state index >= 15 is 0 Å². The van der Waals surface area contributed by atoms with Gasteiger partial charge in [0.2, 0.25) is 0 Å². The molecule has 1 atom stereocenters. The highest BCUT2D eigenvalue weighted by molar-refractivity contribution is 5.81. The standard InChI is InChI=1S/C17H22O4/c1-20-15-9-8-13(10-16(15)21-2)14-7-5-3-4-6-12(14)11-17(18)19/h8-11,14H,3-7H2,1-2H3,(H,18,19)/b12-11+. The van der Waals surface area contributed by atoms with Gasteiger partial charge in [0.1, 0.15) is 0 Å². The summed E-state index contributed by atoms with van der Waals surface area (Å²) in [6.07, 6.45) is 6.55. The van der Waals surface area contributed by atoms with E-state index in [4.69, 9.17) is 14.6 Å². The zero-order valence-electron chi connectivity index (χ0n) is 12.6. The molecule has 1 saturated carbocycles. The number of ether oxygens (including phenoxy) is 2. The number of methoxy groups -OCH3 is 2. The highest BCUT2D eigenvalue weighted by Gasteiger charge is 2.21. The third kappa shape index (κ3) is 3.78. The molecule has 0 saturated heterocycles. The highest BCUT2D eigenvalue weighted by Crippen LogP contribution is 2.39. The van der Waals surface area contributed by atoms with Gasteiger partial charge < -0.3 is 14.6 Å². The average molecular weight is 290 g/mol. The van der Waals surface area contributed by atoms with Gasteiger partial charge >= 0.3 is 5.97 Å². The van der Waals surface area contributed by atoms with Crippen molar-refractivity contribution < 1.29 is 19.4 Å². The second kappa shape index (κ2) is 7.16. The number of rotatable bonds is 4. The van der Waals surface area contributed by atoms with E-state index in [-0.39, 0.29) is 5.92 Å². The SMILES string of the molecule is COc1ccc(C2CCCCC/C2=C\C(=O)O)cc1OC. The van der Waals surface area contributed by atoms with Crippen molar-refractivity contribution in [2.75, 3.05) is 14.2 Å². The Labute approximate surface area is 125 Å². The van der Waals surface area contributed by atoms with Crippen molar-refractivity contribution >= 4 is 5.97 Å². The van der Waals surface area contributed by atoms with E-state index in [2.05, 4.69) is 0 Å². The van der Waals surface area contributed by atoms with E-state index in [1.807, 2.05) is 18.2 Å². The lowest BCUT2D eigenvalue weighted by Gasteiger charge is -2.19. The fourth-order valence-electron chi connectivity index (χ4n) is 3.00. The first-order chi connectivity index (χ1) is 10.2. The molecule has 1 aliphatic rings. The minimum Gasteiger partial charge on any atom is -0.493 e. The molecule has 2 rings (SSSR count). The molecule has 0 heterocycles. The number of carbonyl (C=O) groups is 1. The van der Waals surface area contributed by atoms with E-state index in [0.717, 1.165) is 43.2 Å². The number of allylic oxidation sites excluding steroid dienone is 1. The van der Waals surface area contributed by atoms with Crippen LogP contribution >= 0.6 is 0 Å². The molecule has 114 valence electrons. The lowest BCUT2D eigenvalue weighted by atomic mass is 9.87. The van der Waals surface area contributed by atoms with E-state index in [1.165, 1.54) is 6.08 Å². The summed E-state index contributed by atoms with van der Waals surface area (Å²) in [6, 6.07) is 5.86. The van der Waals surface area contributed by atoms with Crippen LogP contribution in [0.2, 0.25) is 0 Å². The van der Waals surface area contributed by atoms with Gasteiger partial charge in [0.15, 0.2) is 11.5 Å². The summed E-state index contributed by atoms with van der Waals surface area (Å²) in [5, 5.41) is 9.08. The van der Waals surface area contributed by atoms with Gasteiger partial charge in [-0.25, -0.2) is 4.79 Å². The van der Waals surface area contributed by atoms with Crippen LogP contribution in [0.15, 0.2) is 29.8 Å². The van der Waals surface area contributed by atoms with Crippen LogP contribution in [0, 0.1) is 0 Å². The molecule has 4 heteroatoms. The smallest absolute Gasteiger partial charge is 0.328 e. The number of carboxylic acid groups (broad SMARTS) is 1. The lowest BCUT2D eigenvalue weighted by molar-refractivity contribution is -0.131. The largest absolute Gasteiger partial charge is 0.493 e. The summed E-state index contributed by atoms with van der Waals surface area (Å²) < 4.78 is 10.6. The molecule has 0 aliphatic heterocycles. The van der Waals surface area contributed by atoms with Crippen molar-refractivity contribution in [3.63, 3.8) is 0 Å².